The molecule has 1 aliphatic heterocycles. The van der Waals surface area contributed by atoms with Gasteiger partial charge in [-0.25, -0.2) is 0 Å². The van der Waals surface area contributed by atoms with E-state index in [9.17, 15) is 5.11 Å². The largest absolute Gasteiger partial charge is 0.388 e. The van der Waals surface area contributed by atoms with E-state index in [1.54, 1.807) is 0 Å². The molecule has 1 rings (SSSR count). The van der Waals surface area contributed by atoms with Crippen LogP contribution in [0.4, 0.5) is 0 Å². The summed E-state index contributed by atoms with van der Waals surface area (Å²) >= 11 is 0. The normalized spacial score (nSPS) is 24.2. The van der Waals surface area contributed by atoms with Crippen LogP contribution in [-0.2, 0) is 4.74 Å². The molecule has 0 aromatic rings. The molecule has 1 heterocycles. The summed E-state index contributed by atoms with van der Waals surface area (Å²) in [5, 5.41) is 10.3. The Hall–Kier alpha value is -0.120. The molecule has 3 N–H and O–H groups in total. The first-order valence-electron chi connectivity index (χ1n) is 5.23. The van der Waals surface area contributed by atoms with Crippen molar-refractivity contribution in [3.05, 3.63) is 0 Å². The van der Waals surface area contributed by atoms with E-state index in [4.69, 9.17) is 10.5 Å². The van der Waals surface area contributed by atoms with Gasteiger partial charge in [0.1, 0.15) is 0 Å². The third kappa shape index (κ3) is 2.66. The van der Waals surface area contributed by atoms with Crippen LogP contribution in [-0.4, -0.2) is 30.5 Å². The second kappa shape index (κ2) is 4.94. The molecule has 1 unspecified atom stereocenters. The van der Waals surface area contributed by atoms with Crippen LogP contribution in [0.5, 0.6) is 0 Å². The third-order valence-electron chi connectivity index (χ3n) is 3.02. The second-order valence-corrected chi connectivity index (χ2v) is 3.94. The van der Waals surface area contributed by atoms with Gasteiger partial charge in [0.15, 0.2) is 0 Å². The number of hydrogen-bond acceptors (Lipinski definition) is 3. The molecule has 0 aliphatic carbocycles. The Bertz CT molecular complexity index is 146. The van der Waals surface area contributed by atoms with Gasteiger partial charge in [0.2, 0.25) is 0 Å². The van der Waals surface area contributed by atoms with Crippen molar-refractivity contribution in [2.45, 2.75) is 38.2 Å². The van der Waals surface area contributed by atoms with Crippen LogP contribution in [0.2, 0.25) is 0 Å². The summed E-state index contributed by atoms with van der Waals surface area (Å²) in [7, 11) is 0. The van der Waals surface area contributed by atoms with E-state index >= 15 is 0 Å². The maximum absolute atomic E-state index is 10.3. The first-order valence-corrected chi connectivity index (χ1v) is 5.23. The topological polar surface area (TPSA) is 55.5 Å². The summed E-state index contributed by atoms with van der Waals surface area (Å²) in [5.41, 5.74) is 4.99. The molecule has 13 heavy (non-hydrogen) atoms. The minimum Gasteiger partial charge on any atom is -0.388 e. The number of nitrogens with two attached hydrogens (primary N) is 1. The summed E-state index contributed by atoms with van der Waals surface area (Å²) < 4.78 is 5.27. The summed E-state index contributed by atoms with van der Waals surface area (Å²) in [4.78, 5) is 0. The molecule has 0 spiro atoms. The summed E-state index contributed by atoms with van der Waals surface area (Å²) in [6, 6.07) is 0. The fraction of sp³-hybridized carbons (Fsp3) is 1.00. The maximum Gasteiger partial charge on any atom is 0.0798 e. The molecule has 1 fully saturated rings. The first kappa shape index (κ1) is 11.0. The molecule has 0 aromatic carbocycles. The van der Waals surface area contributed by atoms with Crippen LogP contribution in [0.3, 0.4) is 0 Å². The highest BCUT2D eigenvalue weighted by Gasteiger charge is 2.35. The van der Waals surface area contributed by atoms with Crippen molar-refractivity contribution < 1.29 is 9.84 Å². The van der Waals surface area contributed by atoms with Gasteiger partial charge in [-0.15, -0.1) is 0 Å². The lowest BCUT2D eigenvalue weighted by atomic mass is 9.79. The standard InChI is InChI=1S/C10H21NO2/c1-2-5-10(12,8-11)9-3-6-13-7-4-9/h9,12H,2-8,11H2,1H3. The number of aliphatic hydroxyl groups is 1. The smallest absolute Gasteiger partial charge is 0.0798 e. The van der Waals surface area contributed by atoms with E-state index in [1.165, 1.54) is 0 Å². The predicted octanol–water partition coefficient (Wildman–Crippen LogP) is 0.903. The summed E-state index contributed by atoms with van der Waals surface area (Å²) in [6.45, 7) is 4.01. The molecule has 3 nitrogen and oxygen atoms in total. The van der Waals surface area contributed by atoms with Crippen LogP contribution >= 0.6 is 0 Å². The van der Waals surface area contributed by atoms with Crippen molar-refractivity contribution in [2.75, 3.05) is 19.8 Å². The van der Waals surface area contributed by atoms with Crippen LogP contribution in [0.15, 0.2) is 0 Å². The van der Waals surface area contributed by atoms with Crippen molar-refractivity contribution in [1.82, 2.24) is 0 Å². The average molecular weight is 187 g/mol. The molecule has 0 aromatic heterocycles. The fourth-order valence-electron chi connectivity index (χ4n) is 2.14. The molecule has 78 valence electrons. The van der Waals surface area contributed by atoms with E-state index in [0.29, 0.717) is 12.5 Å². The van der Waals surface area contributed by atoms with Gasteiger partial charge in [0, 0.05) is 19.8 Å². The fourth-order valence-corrected chi connectivity index (χ4v) is 2.14. The van der Waals surface area contributed by atoms with Gasteiger partial charge in [-0.05, 0) is 25.2 Å². The minimum atomic E-state index is -0.640. The quantitative estimate of drug-likeness (QED) is 0.687. The Labute approximate surface area is 80.3 Å². The third-order valence-corrected chi connectivity index (χ3v) is 3.02. The number of hydrogen-bond donors (Lipinski definition) is 2. The van der Waals surface area contributed by atoms with Crippen molar-refractivity contribution in [3.63, 3.8) is 0 Å². The lowest BCUT2D eigenvalue weighted by Gasteiger charge is -2.37. The maximum atomic E-state index is 10.3. The van der Waals surface area contributed by atoms with Gasteiger partial charge in [0.05, 0.1) is 5.60 Å². The van der Waals surface area contributed by atoms with Crippen molar-refractivity contribution >= 4 is 0 Å². The van der Waals surface area contributed by atoms with Crippen molar-refractivity contribution in [1.29, 1.82) is 0 Å². The molecule has 0 saturated carbocycles. The zero-order valence-corrected chi connectivity index (χ0v) is 8.46. The number of ether oxygens (including phenoxy) is 1. The van der Waals surface area contributed by atoms with E-state index in [2.05, 4.69) is 6.92 Å². The highest BCUT2D eigenvalue weighted by molar-refractivity contribution is 4.88. The monoisotopic (exact) mass is 187 g/mol. The Morgan fingerprint density at radius 3 is 2.54 bits per heavy atom. The van der Waals surface area contributed by atoms with E-state index < -0.39 is 5.60 Å². The summed E-state index contributed by atoms with van der Waals surface area (Å²) in [5.74, 6) is 0.339. The number of rotatable bonds is 4. The molecule has 1 aliphatic rings. The molecule has 3 heteroatoms. The second-order valence-electron chi connectivity index (χ2n) is 3.94. The highest BCUT2D eigenvalue weighted by Crippen LogP contribution is 2.30. The zero-order chi connectivity index (χ0) is 9.73. The highest BCUT2D eigenvalue weighted by atomic mass is 16.5. The van der Waals surface area contributed by atoms with E-state index in [1.807, 2.05) is 0 Å². The predicted molar refractivity (Wildman–Crippen MR) is 52.5 cm³/mol. The lowest BCUT2D eigenvalue weighted by molar-refractivity contribution is -0.0647. The van der Waals surface area contributed by atoms with Crippen LogP contribution in [0, 0.1) is 5.92 Å². The Balaban J connectivity index is 2.51. The van der Waals surface area contributed by atoms with Gasteiger partial charge in [-0.3, -0.25) is 0 Å². The van der Waals surface area contributed by atoms with E-state index in [-0.39, 0.29) is 0 Å². The van der Waals surface area contributed by atoms with Crippen LogP contribution < -0.4 is 5.73 Å². The van der Waals surface area contributed by atoms with Crippen molar-refractivity contribution in [3.8, 4) is 0 Å². The van der Waals surface area contributed by atoms with Crippen LogP contribution in [0.1, 0.15) is 32.6 Å². The molecular formula is C10H21NO2. The Morgan fingerprint density at radius 1 is 1.46 bits per heavy atom. The van der Waals surface area contributed by atoms with Gasteiger partial charge >= 0.3 is 0 Å². The molecule has 1 atom stereocenters. The lowest BCUT2D eigenvalue weighted by Crippen LogP contribution is -2.47. The first-order chi connectivity index (χ1) is 6.23. The average Bonchev–Trinajstić information content (AvgIpc) is 2.19. The molecule has 0 radical (unpaired) electrons. The van der Waals surface area contributed by atoms with Gasteiger partial charge in [-0.1, -0.05) is 13.3 Å². The van der Waals surface area contributed by atoms with Gasteiger partial charge in [0.25, 0.3) is 0 Å². The van der Waals surface area contributed by atoms with Crippen LogP contribution in [0.25, 0.3) is 0 Å². The molecule has 0 amide bonds. The van der Waals surface area contributed by atoms with Crippen molar-refractivity contribution in [2.24, 2.45) is 11.7 Å². The van der Waals surface area contributed by atoms with E-state index in [0.717, 1.165) is 38.9 Å². The minimum absolute atomic E-state index is 0.339. The van der Waals surface area contributed by atoms with Gasteiger partial charge in [-0.2, -0.15) is 0 Å². The van der Waals surface area contributed by atoms with Gasteiger partial charge < -0.3 is 15.6 Å². The summed E-state index contributed by atoms with van der Waals surface area (Å²) in [6.07, 6.45) is 3.71. The zero-order valence-electron chi connectivity index (χ0n) is 8.46. The molecular weight excluding hydrogens is 166 g/mol. The SMILES string of the molecule is CCCC(O)(CN)C1CCOCC1. The Morgan fingerprint density at radius 2 is 2.08 bits per heavy atom. The molecule has 0 bridgehead atoms. The molecule has 1 saturated heterocycles. The Kier molecular flexibility index (Phi) is 4.16.